The van der Waals surface area contributed by atoms with E-state index in [1.165, 1.54) is 19.3 Å². The highest BCUT2D eigenvalue weighted by atomic mass is 35.5. The van der Waals surface area contributed by atoms with Gasteiger partial charge in [0.25, 0.3) is 0 Å². The van der Waals surface area contributed by atoms with Crippen molar-refractivity contribution in [1.82, 2.24) is 0 Å². The van der Waals surface area contributed by atoms with E-state index in [0.29, 0.717) is 6.61 Å². The first-order valence-electron chi connectivity index (χ1n) is 4.86. The zero-order valence-corrected chi connectivity index (χ0v) is 9.03. The smallest absolute Gasteiger partial charge is 0.0431 e. The molecule has 0 spiro atoms. The minimum Gasteiger partial charge on any atom is -0.396 e. The molecule has 0 heterocycles. The maximum absolute atomic E-state index is 8.53. The molecule has 1 nitrogen and oxygen atoms in total. The monoisotopic (exact) mass is 192 g/mol. The molecule has 0 saturated carbocycles. The van der Waals surface area contributed by atoms with Gasteiger partial charge in [0.05, 0.1) is 0 Å². The summed E-state index contributed by atoms with van der Waals surface area (Å²) >= 11 is 6.03. The van der Waals surface area contributed by atoms with Gasteiger partial charge in [-0.3, -0.25) is 0 Å². The second kappa shape index (κ2) is 6.73. The van der Waals surface area contributed by atoms with Gasteiger partial charge >= 0.3 is 0 Å². The van der Waals surface area contributed by atoms with E-state index >= 15 is 0 Å². The average Bonchev–Trinajstić information content (AvgIpc) is 1.94. The topological polar surface area (TPSA) is 20.2 Å². The van der Waals surface area contributed by atoms with Gasteiger partial charge in [0.2, 0.25) is 0 Å². The van der Waals surface area contributed by atoms with E-state index < -0.39 is 0 Å². The van der Waals surface area contributed by atoms with Gasteiger partial charge in [0.15, 0.2) is 0 Å². The first kappa shape index (κ1) is 12.2. The summed E-state index contributed by atoms with van der Waals surface area (Å²) < 4.78 is 0. The fourth-order valence-corrected chi connectivity index (χ4v) is 1.32. The Hall–Kier alpha value is 0.250. The van der Waals surface area contributed by atoms with Gasteiger partial charge in [-0.15, -0.1) is 11.6 Å². The molecule has 0 rings (SSSR count). The van der Waals surface area contributed by atoms with E-state index in [2.05, 4.69) is 13.8 Å². The lowest BCUT2D eigenvalue weighted by molar-refractivity contribution is 0.282. The minimum atomic E-state index is -0.0308. The fraction of sp³-hybridized carbons (Fsp3) is 1.00. The van der Waals surface area contributed by atoms with E-state index in [4.69, 9.17) is 16.7 Å². The van der Waals surface area contributed by atoms with Gasteiger partial charge in [-0.25, -0.2) is 0 Å². The zero-order valence-electron chi connectivity index (χ0n) is 8.27. The Labute approximate surface area is 81.1 Å². The predicted octanol–water partition coefficient (Wildman–Crippen LogP) is 3.34. The Morgan fingerprint density at radius 3 is 2.00 bits per heavy atom. The summed E-state index contributed by atoms with van der Waals surface area (Å²) in [5.41, 5.74) is 0. The normalized spacial score (nSPS) is 12.0. The number of aliphatic hydroxyl groups is 1. The molecular weight excluding hydrogens is 172 g/mol. The van der Waals surface area contributed by atoms with Crippen molar-refractivity contribution in [3.05, 3.63) is 0 Å². The molecule has 2 heteroatoms. The van der Waals surface area contributed by atoms with Crippen LogP contribution in [0.15, 0.2) is 0 Å². The summed E-state index contributed by atoms with van der Waals surface area (Å²) in [6.07, 6.45) is 6.88. The van der Waals surface area contributed by atoms with Crippen molar-refractivity contribution in [2.75, 3.05) is 6.61 Å². The molecule has 0 aromatic rings. The van der Waals surface area contributed by atoms with Crippen molar-refractivity contribution in [3.8, 4) is 0 Å². The molecule has 0 aliphatic heterocycles. The summed E-state index contributed by atoms with van der Waals surface area (Å²) in [5.74, 6) is 0. The molecule has 0 unspecified atom stereocenters. The highest BCUT2D eigenvalue weighted by Crippen LogP contribution is 2.21. The molecule has 1 N–H and O–H groups in total. The molecule has 0 fully saturated rings. The lowest BCUT2D eigenvalue weighted by Gasteiger charge is -2.14. The third kappa shape index (κ3) is 10.2. The van der Waals surface area contributed by atoms with Crippen molar-refractivity contribution < 1.29 is 5.11 Å². The quantitative estimate of drug-likeness (QED) is 0.485. The molecule has 0 atom stereocenters. The van der Waals surface area contributed by atoms with Crippen LogP contribution in [0.2, 0.25) is 0 Å². The van der Waals surface area contributed by atoms with Crippen LogP contribution >= 0.6 is 11.6 Å². The molecule has 0 aliphatic rings. The van der Waals surface area contributed by atoms with E-state index in [1.807, 2.05) is 0 Å². The van der Waals surface area contributed by atoms with Gasteiger partial charge in [0, 0.05) is 11.5 Å². The Balaban J connectivity index is 3.01. The highest BCUT2D eigenvalue weighted by Gasteiger charge is 2.11. The Kier molecular flexibility index (Phi) is 6.87. The van der Waals surface area contributed by atoms with Crippen LogP contribution in [0, 0.1) is 0 Å². The molecule has 12 heavy (non-hydrogen) atoms. The van der Waals surface area contributed by atoms with Gasteiger partial charge in [-0.1, -0.05) is 25.7 Å². The zero-order chi connectivity index (χ0) is 9.45. The molecule has 0 amide bonds. The van der Waals surface area contributed by atoms with Crippen molar-refractivity contribution in [3.63, 3.8) is 0 Å². The average molecular weight is 193 g/mol. The number of rotatable bonds is 7. The molecule has 0 radical (unpaired) electrons. The van der Waals surface area contributed by atoms with Gasteiger partial charge in [-0.05, 0) is 26.7 Å². The highest BCUT2D eigenvalue weighted by molar-refractivity contribution is 6.23. The molecular formula is C10H21ClO. The SMILES string of the molecule is CC(C)(Cl)CCCCCCCO. The van der Waals surface area contributed by atoms with Crippen LogP contribution < -0.4 is 0 Å². The molecule has 74 valence electrons. The van der Waals surface area contributed by atoms with Gasteiger partial charge in [0.1, 0.15) is 0 Å². The molecule has 0 aromatic carbocycles. The predicted molar refractivity (Wildman–Crippen MR) is 54.7 cm³/mol. The van der Waals surface area contributed by atoms with Crippen molar-refractivity contribution >= 4 is 11.6 Å². The van der Waals surface area contributed by atoms with Crippen LogP contribution in [0.5, 0.6) is 0 Å². The number of unbranched alkanes of at least 4 members (excludes halogenated alkanes) is 4. The third-order valence-electron chi connectivity index (χ3n) is 1.93. The number of halogens is 1. The summed E-state index contributed by atoms with van der Waals surface area (Å²) in [7, 11) is 0. The lowest BCUT2D eigenvalue weighted by atomic mass is 10.0. The standard InChI is InChI=1S/C10H21ClO/c1-10(2,11)8-6-4-3-5-7-9-12/h12H,3-9H2,1-2H3. The third-order valence-corrected chi connectivity index (χ3v) is 2.12. The molecule has 0 saturated heterocycles. The van der Waals surface area contributed by atoms with Crippen LogP contribution in [-0.4, -0.2) is 16.6 Å². The maximum Gasteiger partial charge on any atom is 0.0431 e. The van der Waals surface area contributed by atoms with E-state index in [1.54, 1.807) is 0 Å². The van der Waals surface area contributed by atoms with Gasteiger partial charge < -0.3 is 5.11 Å². The summed E-state index contributed by atoms with van der Waals surface area (Å²) in [6.45, 7) is 4.45. The minimum absolute atomic E-state index is 0.0308. The summed E-state index contributed by atoms with van der Waals surface area (Å²) in [5, 5.41) is 8.53. The first-order chi connectivity index (χ1) is 5.56. The number of aliphatic hydroxyl groups excluding tert-OH is 1. The Bertz CT molecular complexity index is 96.5. The van der Waals surface area contributed by atoms with Crippen molar-refractivity contribution in [2.45, 2.75) is 57.2 Å². The number of hydrogen-bond acceptors (Lipinski definition) is 1. The van der Waals surface area contributed by atoms with E-state index in [0.717, 1.165) is 19.3 Å². The maximum atomic E-state index is 8.53. The second-order valence-electron chi connectivity index (χ2n) is 3.96. The molecule has 0 aliphatic carbocycles. The van der Waals surface area contributed by atoms with E-state index in [-0.39, 0.29) is 4.87 Å². The second-order valence-corrected chi connectivity index (χ2v) is 4.98. The van der Waals surface area contributed by atoms with Crippen molar-refractivity contribution in [2.24, 2.45) is 0 Å². The van der Waals surface area contributed by atoms with Crippen LogP contribution in [0.3, 0.4) is 0 Å². The van der Waals surface area contributed by atoms with Crippen molar-refractivity contribution in [1.29, 1.82) is 0 Å². The fourth-order valence-electron chi connectivity index (χ4n) is 1.19. The largest absolute Gasteiger partial charge is 0.396 e. The van der Waals surface area contributed by atoms with Crippen LogP contribution in [0.1, 0.15) is 52.4 Å². The summed E-state index contributed by atoms with van der Waals surface area (Å²) in [4.78, 5) is -0.0308. The van der Waals surface area contributed by atoms with E-state index in [9.17, 15) is 0 Å². The van der Waals surface area contributed by atoms with Crippen LogP contribution in [0.4, 0.5) is 0 Å². The van der Waals surface area contributed by atoms with Crippen LogP contribution in [-0.2, 0) is 0 Å². The molecule has 0 aromatic heterocycles. The van der Waals surface area contributed by atoms with Gasteiger partial charge in [-0.2, -0.15) is 0 Å². The summed E-state index contributed by atoms with van der Waals surface area (Å²) in [6, 6.07) is 0. The Morgan fingerprint density at radius 1 is 1.00 bits per heavy atom. The first-order valence-corrected chi connectivity index (χ1v) is 5.24. The number of hydrogen-bond donors (Lipinski definition) is 1. The lowest BCUT2D eigenvalue weighted by Crippen LogP contribution is -2.08. The number of alkyl halides is 1. The Morgan fingerprint density at radius 2 is 1.50 bits per heavy atom. The molecule has 0 bridgehead atoms. The van der Waals surface area contributed by atoms with Crippen LogP contribution in [0.25, 0.3) is 0 Å².